The lowest BCUT2D eigenvalue weighted by Gasteiger charge is -2.09. The predicted octanol–water partition coefficient (Wildman–Crippen LogP) is 1.38. The first-order valence-electron chi connectivity index (χ1n) is 7.42. The SMILES string of the molecule is C=C(C)C(=O)OCCOCCOC(=O)c1ccc(C(=O)O)cc1C(=O)O. The second kappa shape index (κ2) is 9.94. The van der Waals surface area contributed by atoms with Gasteiger partial charge in [0.2, 0.25) is 0 Å². The van der Waals surface area contributed by atoms with E-state index in [1.54, 1.807) is 0 Å². The first kappa shape index (κ1) is 20.8. The number of rotatable bonds is 10. The number of benzene rings is 1. The highest BCUT2D eigenvalue weighted by Crippen LogP contribution is 2.14. The zero-order valence-corrected chi connectivity index (χ0v) is 14.0. The second-order valence-electron chi connectivity index (χ2n) is 5.04. The van der Waals surface area contributed by atoms with E-state index in [9.17, 15) is 19.2 Å². The van der Waals surface area contributed by atoms with E-state index in [2.05, 4.69) is 6.58 Å². The Hall–Kier alpha value is -3.20. The van der Waals surface area contributed by atoms with Gasteiger partial charge in [0.05, 0.1) is 29.9 Å². The zero-order chi connectivity index (χ0) is 19.7. The van der Waals surface area contributed by atoms with Crippen LogP contribution in [0.15, 0.2) is 30.4 Å². The molecule has 0 aromatic heterocycles. The molecular formula is C17H18O9. The lowest BCUT2D eigenvalue weighted by Crippen LogP contribution is -2.17. The Kier molecular flexibility index (Phi) is 7.97. The van der Waals surface area contributed by atoms with Crippen molar-refractivity contribution in [3.8, 4) is 0 Å². The third kappa shape index (κ3) is 6.36. The van der Waals surface area contributed by atoms with Crippen LogP contribution in [0.4, 0.5) is 0 Å². The average Bonchev–Trinajstić information content (AvgIpc) is 2.59. The van der Waals surface area contributed by atoms with Gasteiger partial charge in [-0.1, -0.05) is 6.58 Å². The summed E-state index contributed by atoms with van der Waals surface area (Å²) < 4.78 is 14.8. The molecule has 26 heavy (non-hydrogen) atoms. The molecule has 0 aliphatic rings. The van der Waals surface area contributed by atoms with Gasteiger partial charge in [0.1, 0.15) is 13.2 Å². The largest absolute Gasteiger partial charge is 0.478 e. The molecule has 140 valence electrons. The second-order valence-corrected chi connectivity index (χ2v) is 5.04. The van der Waals surface area contributed by atoms with Gasteiger partial charge >= 0.3 is 23.9 Å². The van der Waals surface area contributed by atoms with Crippen molar-refractivity contribution in [2.24, 2.45) is 0 Å². The first-order chi connectivity index (χ1) is 12.2. The topological polar surface area (TPSA) is 136 Å². The van der Waals surface area contributed by atoms with Crippen LogP contribution >= 0.6 is 0 Å². The number of ether oxygens (including phenoxy) is 3. The number of carbonyl (C=O) groups is 4. The van der Waals surface area contributed by atoms with Crippen molar-refractivity contribution in [2.45, 2.75) is 6.92 Å². The quantitative estimate of drug-likeness (QED) is 0.357. The lowest BCUT2D eigenvalue weighted by atomic mass is 10.0. The Morgan fingerprint density at radius 2 is 1.54 bits per heavy atom. The summed E-state index contributed by atoms with van der Waals surface area (Å²) in [4.78, 5) is 45.1. The predicted molar refractivity (Wildman–Crippen MR) is 87.2 cm³/mol. The highest BCUT2D eigenvalue weighted by atomic mass is 16.6. The summed E-state index contributed by atoms with van der Waals surface area (Å²) in [6.45, 7) is 4.88. The molecule has 9 heteroatoms. The Labute approximate surface area is 148 Å². The molecule has 0 unspecified atom stereocenters. The van der Waals surface area contributed by atoms with Crippen molar-refractivity contribution in [3.63, 3.8) is 0 Å². The summed E-state index contributed by atoms with van der Waals surface area (Å²) in [6.07, 6.45) is 0. The van der Waals surface area contributed by atoms with E-state index < -0.39 is 29.4 Å². The molecule has 0 radical (unpaired) electrons. The third-order valence-electron chi connectivity index (χ3n) is 2.99. The monoisotopic (exact) mass is 366 g/mol. The Morgan fingerprint density at radius 1 is 0.923 bits per heavy atom. The maximum absolute atomic E-state index is 11.9. The maximum atomic E-state index is 11.9. The van der Waals surface area contributed by atoms with E-state index in [1.807, 2.05) is 0 Å². The van der Waals surface area contributed by atoms with Crippen molar-refractivity contribution in [3.05, 3.63) is 47.0 Å². The lowest BCUT2D eigenvalue weighted by molar-refractivity contribution is -0.140. The van der Waals surface area contributed by atoms with E-state index in [0.29, 0.717) is 0 Å². The molecule has 0 heterocycles. The number of carbonyl (C=O) groups excluding carboxylic acids is 2. The highest BCUT2D eigenvalue weighted by molar-refractivity contribution is 6.04. The van der Waals surface area contributed by atoms with Gasteiger partial charge in [0, 0.05) is 5.57 Å². The molecule has 0 atom stereocenters. The maximum Gasteiger partial charge on any atom is 0.339 e. The molecule has 1 aromatic carbocycles. The fraction of sp³-hybridized carbons (Fsp3) is 0.294. The van der Waals surface area contributed by atoms with Crippen LogP contribution in [0.25, 0.3) is 0 Å². The minimum absolute atomic E-state index is 0.00593. The minimum atomic E-state index is -1.45. The van der Waals surface area contributed by atoms with Gasteiger partial charge in [-0.2, -0.15) is 0 Å². The number of hydrogen-bond acceptors (Lipinski definition) is 7. The van der Waals surface area contributed by atoms with Crippen molar-refractivity contribution in [1.82, 2.24) is 0 Å². The van der Waals surface area contributed by atoms with Crippen LogP contribution in [-0.2, 0) is 19.0 Å². The van der Waals surface area contributed by atoms with E-state index in [0.717, 1.165) is 18.2 Å². The summed E-state index contributed by atoms with van der Waals surface area (Å²) in [5, 5.41) is 18.0. The molecule has 0 aliphatic carbocycles. The molecule has 0 fully saturated rings. The fourth-order valence-corrected chi connectivity index (χ4v) is 1.72. The van der Waals surface area contributed by atoms with Crippen LogP contribution in [0.1, 0.15) is 38.0 Å². The van der Waals surface area contributed by atoms with Crippen LogP contribution in [0.3, 0.4) is 0 Å². The van der Waals surface area contributed by atoms with E-state index in [1.165, 1.54) is 6.92 Å². The molecule has 0 spiro atoms. The zero-order valence-electron chi connectivity index (χ0n) is 14.0. The molecule has 2 N–H and O–H groups in total. The molecule has 1 aromatic rings. The van der Waals surface area contributed by atoms with Gasteiger partial charge in [0.25, 0.3) is 0 Å². The number of hydrogen-bond donors (Lipinski definition) is 2. The van der Waals surface area contributed by atoms with Crippen molar-refractivity contribution in [2.75, 3.05) is 26.4 Å². The molecule has 9 nitrogen and oxygen atoms in total. The Bertz CT molecular complexity index is 721. The summed E-state index contributed by atoms with van der Waals surface area (Å²) in [5.74, 6) is -4.22. The van der Waals surface area contributed by atoms with Gasteiger partial charge in [-0.05, 0) is 25.1 Å². The Morgan fingerprint density at radius 3 is 2.08 bits per heavy atom. The Balaban J connectivity index is 2.46. The van der Waals surface area contributed by atoms with Crippen molar-refractivity contribution in [1.29, 1.82) is 0 Å². The summed E-state index contributed by atoms with van der Waals surface area (Å²) in [6, 6.07) is 3.07. The summed E-state index contributed by atoms with van der Waals surface area (Å²) in [7, 11) is 0. The van der Waals surface area contributed by atoms with E-state index in [4.69, 9.17) is 24.4 Å². The van der Waals surface area contributed by atoms with Gasteiger partial charge in [-0.15, -0.1) is 0 Å². The minimum Gasteiger partial charge on any atom is -0.478 e. The van der Waals surface area contributed by atoms with Crippen LogP contribution in [0.2, 0.25) is 0 Å². The summed E-state index contributed by atoms with van der Waals surface area (Å²) >= 11 is 0. The number of carboxylic acid groups (broad SMARTS) is 2. The molecule has 1 rings (SSSR count). The summed E-state index contributed by atoms with van der Waals surface area (Å²) in [5.41, 5.74) is -0.728. The van der Waals surface area contributed by atoms with Crippen LogP contribution < -0.4 is 0 Å². The number of carboxylic acids is 2. The molecular weight excluding hydrogens is 348 g/mol. The highest BCUT2D eigenvalue weighted by Gasteiger charge is 2.20. The average molecular weight is 366 g/mol. The smallest absolute Gasteiger partial charge is 0.339 e. The van der Waals surface area contributed by atoms with Crippen LogP contribution in [-0.4, -0.2) is 60.5 Å². The van der Waals surface area contributed by atoms with Gasteiger partial charge in [-0.3, -0.25) is 0 Å². The van der Waals surface area contributed by atoms with Crippen LogP contribution in [0.5, 0.6) is 0 Å². The normalized spacial score (nSPS) is 10.0. The molecule has 0 saturated carbocycles. The standard InChI is InChI=1S/C17H18O9/c1-10(2)16(22)25-7-5-24-6-8-26-17(23)12-4-3-11(14(18)19)9-13(12)15(20)21/h3-4,9H,1,5-8H2,2H3,(H,18,19)(H,20,21). The third-order valence-corrected chi connectivity index (χ3v) is 2.99. The van der Waals surface area contributed by atoms with Gasteiger partial charge in [0.15, 0.2) is 0 Å². The van der Waals surface area contributed by atoms with Gasteiger partial charge < -0.3 is 24.4 Å². The molecule has 0 saturated heterocycles. The fourth-order valence-electron chi connectivity index (χ4n) is 1.72. The molecule has 0 bridgehead atoms. The number of aromatic carboxylic acids is 2. The molecule has 0 amide bonds. The van der Waals surface area contributed by atoms with E-state index >= 15 is 0 Å². The van der Waals surface area contributed by atoms with Gasteiger partial charge in [-0.25, -0.2) is 19.2 Å². The molecule has 0 aliphatic heterocycles. The van der Waals surface area contributed by atoms with Crippen molar-refractivity contribution >= 4 is 23.9 Å². The number of esters is 2. The van der Waals surface area contributed by atoms with Crippen molar-refractivity contribution < 1.29 is 43.6 Å². The van der Waals surface area contributed by atoms with Crippen LogP contribution in [0, 0.1) is 0 Å². The first-order valence-corrected chi connectivity index (χ1v) is 7.42. The van der Waals surface area contributed by atoms with E-state index in [-0.39, 0.29) is 43.1 Å².